The Kier molecular flexibility index (Phi) is 5.61. The third kappa shape index (κ3) is 3.61. The van der Waals surface area contributed by atoms with Crippen LogP contribution in [0, 0.1) is 13.8 Å². The van der Waals surface area contributed by atoms with Gasteiger partial charge in [0.15, 0.2) is 0 Å². The number of H-pyrrole nitrogens is 1. The number of amides is 1. The number of aromatic amines is 1. The highest BCUT2D eigenvalue weighted by Crippen LogP contribution is 2.35. The molecule has 1 N–H and O–H groups in total. The Balaban J connectivity index is 1.97. The highest BCUT2D eigenvalue weighted by atomic mass is 35.5. The molecule has 2 heterocycles. The molecule has 0 saturated heterocycles. The van der Waals surface area contributed by atoms with E-state index in [0.29, 0.717) is 29.2 Å². The lowest BCUT2D eigenvalue weighted by atomic mass is 9.97. The lowest BCUT2D eigenvalue weighted by molar-refractivity contribution is 0.0726. The third-order valence-corrected chi connectivity index (χ3v) is 5.69. The van der Waals surface area contributed by atoms with Crippen LogP contribution in [-0.4, -0.2) is 35.4 Å². The molecule has 2 aromatic rings. The molecule has 0 unspecified atom stereocenters. The van der Waals surface area contributed by atoms with Crippen LogP contribution in [0.4, 0.5) is 5.69 Å². The van der Waals surface area contributed by atoms with Gasteiger partial charge in [-0.3, -0.25) is 9.59 Å². The summed E-state index contributed by atoms with van der Waals surface area (Å²) in [6.45, 7) is 10.4. The molecule has 0 radical (unpaired) electrons. The maximum atomic E-state index is 13.2. The van der Waals surface area contributed by atoms with Gasteiger partial charge in [-0.25, -0.2) is 0 Å². The number of hydrogen-bond acceptors (Lipinski definition) is 3. The van der Waals surface area contributed by atoms with Gasteiger partial charge >= 0.3 is 0 Å². The molecule has 0 spiro atoms. The fraction of sp³-hybridized carbons (Fsp3) is 0.429. The van der Waals surface area contributed by atoms with Crippen molar-refractivity contribution in [3.05, 3.63) is 61.5 Å². The van der Waals surface area contributed by atoms with Gasteiger partial charge in [0.25, 0.3) is 11.5 Å². The van der Waals surface area contributed by atoms with Gasteiger partial charge in [0.1, 0.15) is 0 Å². The van der Waals surface area contributed by atoms with Crippen molar-refractivity contribution in [1.29, 1.82) is 0 Å². The highest BCUT2D eigenvalue weighted by Gasteiger charge is 2.29. The summed E-state index contributed by atoms with van der Waals surface area (Å²) in [6.07, 6.45) is 0.738. The monoisotopic (exact) mass is 387 g/mol. The van der Waals surface area contributed by atoms with Crippen LogP contribution in [0.15, 0.2) is 23.0 Å². The van der Waals surface area contributed by atoms with E-state index in [1.54, 1.807) is 4.90 Å². The van der Waals surface area contributed by atoms with Crippen LogP contribution in [0.5, 0.6) is 0 Å². The molecule has 1 aliphatic rings. The zero-order chi connectivity index (χ0) is 19.7. The first kappa shape index (κ1) is 19.5. The second-order valence-electron chi connectivity index (χ2n) is 7.02. The van der Waals surface area contributed by atoms with E-state index in [-0.39, 0.29) is 11.5 Å². The molecule has 1 aromatic carbocycles. The number of pyridine rings is 1. The third-order valence-electron chi connectivity index (χ3n) is 5.31. The standard InChI is InChI=1S/C21H26ClN3O2/c1-5-24(6-2)17-8-7-15-9-10-25(21(27)18(15)19(17)22)12-16-13(3)11-14(4)23-20(16)26/h7-8,11H,5-6,9-10,12H2,1-4H3,(H,23,26). The number of nitrogens with one attached hydrogen (secondary N) is 1. The van der Waals surface area contributed by atoms with Gasteiger partial charge < -0.3 is 14.8 Å². The van der Waals surface area contributed by atoms with E-state index >= 15 is 0 Å². The van der Waals surface area contributed by atoms with Gasteiger partial charge in [0, 0.05) is 30.9 Å². The molecule has 0 bridgehead atoms. The van der Waals surface area contributed by atoms with Crippen LogP contribution in [-0.2, 0) is 13.0 Å². The summed E-state index contributed by atoms with van der Waals surface area (Å²) in [7, 11) is 0. The molecule has 5 nitrogen and oxygen atoms in total. The SMILES string of the molecule is CCN(CC)c1ccc2c(c1Cl)C(=O)N(Cc1c(C)cc(C)[nH]c1=O)CC2. The van der Waals surface area contributed by atoms with Crippen LogP contribution in [0.25, 0.3) is 0 Å². The van der Waals surface area contributed by atoms with Crippen molar-refractivity contribution in [2.45, 2.75) is 40.7 Å². The van der Waals surface area contributed by atoms with Crippen LogP contribution < -0.4 is 10.5 Å². The predicted molar refractivity (Wildman–Crippen MR) is 110 cm³/mol. The van der Waals surface area contributed by atoms with Crippen molar-refractivity contribution in [3.8, 4) is 0 Å². The number of anilines is 1. The van der Waals surface area contributed by atoms with Gasteiger partial charge in [-0.15, -0.1) is 0 Å². The van der Waals surface area contributed by atoms with E-state index in [4.69, 9.17) is 11.6 Å². The molecule has 1 aliphatic heterocycles. The average Bonchev–Trinajstić information content (AvgIpc) is 2.62. The van der Waals surface area contributed by atoms with E-state index in [2.05, 4.69) is 23.7 Å². The fourth-order valence-electron chi connectivity index (χ4n) is 3.79. The minimum absolute atomic E-state index is 0.102. The quantitative estimate of drug-likeness (QED) is 0.851. The van der Waals surface area contributed by atoms with Crippen molar-refractivity contribution in [2.24, 2.45) is 0 Å². The van der Waals surface area contributed by atoms with E-state index in [1.807, 2.05) is 32.0 Å². The second-order valence-corrected chi connectivity index (χ2v) is 7.40. The van der Waals surface area contributed by atoms with E-state index in [9.17, 15) is 9.59 Å². The van der Waals surface area contributed by atoms with Crippen LogP contribution in [0.2, 0.25) is 5.02 Å². The fourth-order valence-corrected chi connectivity index (χ4v) is 4.17. The number of nitrogens with zero attached hydrogens (tertiary/aromatic N) is 2. The number of carbonyl (C=O) groups is 1. The molecule has 27 heavy (non-hydrogen) atoms. The first-order chi connectivity index (χ1) is 12.9. The van der Waals surface area contributed by atoms with Crippen molar-refractivity contribution in [1.82, 2.24) is 9.88 Å². The van der Waals surface area contributed by atoms with Gasteiger partial charge in [-0.05, 0) is 57.4 Å². The Labute approximate surface area is 164 Å². The number of aromatic nitrogens is 1. The summed E-state index contributed by atoms with van der Waals surface area (Å²) in [5, 5.41) is 0.514. The van der Waals surface area contributed by atoms with E-state index in [0.717, 1.165) is 42.0 Å². The Morgan fingerprint density at radius 1 is 1.19 bits per heavy atom. The van der Waals surface area contributed by atoms with E-state index < -0.39 is 0 Å². The minimum Gasteiger partial charge on any atom is -0.371 e. The maximum Gasteiger partial charge on any atom is 0.256 e. The number of fused-ring (bicyclic) bond motifs is 1. The van der Waals surface area contributed by atoms with Gasteiger partial charge in [0.05, 0.1) is 22.8 Å². The molecular formula is C21H26ClN3O2. The highest BCUT2D eigenvalue weighted by molar-refractivity contribution is 6.36. The van der Waals surface area contributed by atoms with Gasteiger partial charge in [-0.1, -0.05) is 17.7 Å². The Bertz CT molecular complexity index is 932. The minimum atomic E-state index is -0.130. The van der Waals surface area contributed by atoms with Crippen molar-refractivity contribution < 1.29 is 4.79 Å². The Morgan fingerprint density at radius 2 is 1.89 bits per heavy atom. The summed E-state index contributed by atoms with van der Waals surface area (Å²) in [5.74, 6) is -0.102. The molecule has 0 aliphatic carbocycles. The number of carbonyl (C=O) groups excluding carboxylic acids is 1. The smallest absolute Gasteiger partial charge is 0.256 e. The van der Waals surface area contributed by atoms with Crippen molar-refractivity contribution in [2.75, 3.05) is 24.5 Å². The second kappa shape index (κ2) is 7.77. The summed E-state index contributed by atoms with van der Waals surface area (Å²) in [4.78, 5) is 32.2. The zero-order valence-corrected chi connectivity index (χ0v) is 17.1. The topological polar surface area (TPSA) is 56.4 Å². The molecule has 3 rings (SSSR count). The molecule has 144 valence electrons. The van der Waals surface area contributed by atoms with Crippen molar-refractivity contribution in [3.63, 3.8) is 0 Å². The zero-order valence-electron chi connectivity index (χ0n) is 16.4. The molecular weight excluding hydrogens is 362 g/mol. The number of hydrogen-bond donors (Lipinski definition) is 1. The number of rotatable bonds is 5. The molecule has 0 atom stereocenters. The maximum absolute atomic E-state index is 13.2. The average molecular weight is 388 g/mol. The lowest BCUT2D eigenvalue weighted by Gasteiger charge is -2.31. The van der Waals surface area contributed by atoms with Crippen LogP contribution in [0.3, 0.4) is 0 Å². The summed E-state index contributed by atoms with van der Waals surface area (Å²) >= 11 is 6.67. The summed E-state index contributed by atoms with van der Waals surface area (Å²) in [6, 6.07) is 5.95. The summed E-state index contributed by atoms with van der Waals surface area (Å²) in [5.41, 5.74) is 4.67. The summed E-state index contributed by atoms with van der Waals surface area (Å²) < 4.78 is 0. The predicted octanol–water partition coefficient (Wildman–Crippen LogP) is 3.69. The molecule has 0 saturated carbocycles. The Hall–Kier alpha value is -2.27. The Morgan fingerprint density at radius 3 is 2.52 bits per heavy atom. The molecule has 0 fully saturated rings. The molecule has 6 heteroatoms. The number of aryl methyl sites for hydroxylation is 2. The van der Waals surface area contributed by atoms with Gasteiger partial charge in [0.2, 0.25) is 0 Å². The van der Waals surface area contributed by atoms with Crippen molar-refractivity contribution >= 4 is 23.2 Å². The molecule has 1 amide bonds. The normalized spacial score (nSPS) is 13.7. The van der Waals surface area contributed by atoms with Gasteiger partial charge in [-0.2, -0.15) is 0 Å². The first-order valence-electron chi connectivity index (χ1n) is 9.42. The van der Waals surface area contributed by atoms with Crippen LogP contribution in [0.1, 0.15) is 46.6 Å². The number of halogens is 1. The van der Waals surface area contributed by atoms with E-state index in [1.165, 1.54) is 0 Å². The van der Waals surface area contributed by atoms with Crippen LogP contribution >= 0.6 is 11.6 Å². The first-order valence-corrected chi connectivity index (χ1v) is 9.80. The molecule has 1 aromatic heterocycles. The lowest BCUT2D eigenvalue weighted by Crippen LogP contribution is -2.39. The largest absolute Gasteiger partial charge is 0.371 e. The number of benzene rings is 1.